The first kappa shape index (κ1) is 11.3. The van der Waals surface area contributed by atoms with Gasteiger partial charge in [0.2, 0.25) is 0 Å². The van der Waals surface area contributed by atoms with Crippen molar-refractivity contribution in [3.8, 4) is 0 Å². The summed E-state index contributed by atoms with van der Waals surface area (Å²) >= 11 is 7.01. The van der Waals surface area contributed by atoms with Crippen LogP contribution in [0.2, 0.25) is 5.02 Å². The summed E-state index contributed by atoms with van der Waals surface area (Å²) in [5.74, 6) is 0. The second kappa shape index (κ2) is 5.17. The summed E-state index contributed by atoms with van der Waals surface area (Å²) in [6, 6.07) is 0. The highest BCUT2D eigenvalue weighted by molar-refractivity contribution is 7.11. The summed E-state index contributed by atoms with van der Waals surface area (Å²) < 4.78 is 8.82. The first-order valence-electron chi connectivity index (χ1n) is 4.20. The fraction of sp³-hybridized carbons (Fsp3) is 0.500. The Morgan fingerprint density at radius 2 is 2.43 bits per heavy atom. The molecule has 0 spiro atoms. The van der Waals surface area contributed by atoms with Crippen LogP contribution in [0.25, 0.3) is 0 Å². The van der Waals surface area contributed by atoms with Gasteiger partial charge in [0.05, 0.1) is 17.3 Å². The van der Waals surface area contributed by atoms with Crippen LogP contribution < -0.4 is 5.32 Å². The predicted molar refractivity (Wildman–Crippen MR) is 57.1 cm³/mol. The van der Waals surface area contributed by atoms with Crippen LogP contribution in [0.15, 0.2) is 0 Å². The zero-order valence-electron chi connectivity index (χ0n) is 7.96. The number of nitrogens with one attached hydrogen (secondary N) is 1. The minimum atomic E-state index is -0.489. The van der Waals surface area contributed by atoms with Crippen LogP contribution in [0.4, 0.5) is 9.80 Å². The molecular formula is C8H11ClN2O2S. The van der Waals surface area contributed by atoms with E-state index < -0.39 is 6.09 Å². The summed E-state index contributed by atoms with van der Waals surface area (Å²) in [6.07, 6.45) is 0.306. The molecule has 0 aliphatic carbocycles. The third kappa shape index (κ3) is 2.85. The molecule has 0 aromatic carbocycles. The Balaban J connectivity index is 2.52. The van der Waals surface area contributed by atoms with Crippen molar-refractivity contribution in [3.05, 3.63) is 10.7 Å². The maximum Gasteiger partial charge on any atom is 0.412 e. The topological polar surface area (TPSA) is 51.2 Å². The van der Waals surface area contributed by atoms with E-state index in [1.165, 1.54) is 0 Å². The Morgan fingerprint density at radius 3 is 2.93 bits per heavy atom. The number of anilines is 1. The maximum atomic E-state index is 11.1. The van der Waals surface area contributed by atoms with Gasteiger partial charge in [-0.2, -0.15) is 4.37 Å². The largest absolute Gasteiger partial charge is 0.449 e. The summed E-state index contributed by atoms with van der Waals surface area (Å²) in [5.41, 5.74) is 0.711. The normalized spacial score (nSPS) is 9.93. The van der Waals surface area contributed by atoms with Crippen molar-refractivity contribution in [2.45, 2.75) is 20.3 Å². The number of carbonyl (C=O) groups is 1. The zero-order valence-corrected chi connectivity index (χ0v) is 9.54. The molecule has 1 heterocycles. The molecule has 4 nitrogen and oxygen atoms in total. The predicted octanol–water partition coefficient (Wildman–Crippen LogP) is 3.06. The van der Waals surface area contributed by atoms with Gasteiger partial charge in [-0.3, -0.25) is 5.32 Å². The second-order valence-electron chi connectivity index (χ2n) is 2.67. The zero-order chi connectivity index (χ0) is 10.6. The lowest BCUT2D eigenvalue weighted by molar-refractivity contribution is 0.162. The number of nitrogens with zero attached hydrogens (tertiary/aromatic N) is 1. The number of rotatable bonds is 3. The van der Waals surface area contributed by atoms with Crippen LogP contribution in [0, 0.1) is 6.92 Å². The number of carbonyl (C=O) groups excluding carboxylic acids is 1. The second-order valence-corrected chi connectivity index (χ2v) is 3.82. The molecule has 0 fully saturated rings. The highest BCUT2D eigenvalue weighted by Gasteiger charge is 2.11. The van der Waals surface area contributed by atoms with Crippen molar-refractivity contribution >= 4 is 34.2 Å². The Kier molecular flexibility index (Phi) is 4.16. The molecule has 0 atom stereocenters. The number of hydrogen-bond donors (Lipinski definition) is 1. The first-order valence-corrected chi connectivity index (χ1v) is 5.35. The van der Waals surface area contributed by atoms with Gasteiger partial charge in [0.1, 0.15) is 5.00 Å². The molecule has 1 amide bonds. The lowest BCUT2D eigenvalue weighted by Crippen LogP contribution is -2.13. The Labute approximate surface area is 91.4 Å². The molecular weight excluding hydrogens is 224 g/mol. The Bertz CT molecular complexity index is 327. The van der Waals surface area contributed by atoms with Crippen LogP contribution in [0.5, 0.6) is 0 Å². The minimum Gasteiger partial charge on any atom is -0.449 e. The third-order valence-corrected chi connectivity index (χ3v) is 2.87. The average Bonchev–Trinajstić information content (AvgIpc) is 2.46. The number of aromatic nitrogens is 1. The standard InChI is InChI=1S/C8H11ClN2O2S/c1-3-4-13-8(12)10-7-6(9)5(2)11-14-7/h3-4H2,1-2H3,(H,10,12). The van der Waals surface area contributed by atoms with Crippen molar-refractivity contribution in [2.24, 2.45) is 0 Å². The van der Waals surface area contributed by atoms with E-state index in [4.69, 9.17) is 16.3 Å². The first-order chi connectivity index (χ1) is 6.65. The fourth-order valence-electron chi connectivity index (χ4n) is 0.760. The van der Waals surface area contributed by atoms with E-state index in [2.05, 4.69) is 9.69 Å². The van der Waals surface area contributed by atoms with E-state index in [1.807, 2.05) is 6.92 Å². The monoisotopic (exact) mass is 234 g/mol. The number of halogens is 1. The molecule has 0 saturated heterocycles. The molecule has 1 aromatic rings. The van der Waals surface area contributed by atoms with Crippen molar-refractivity contribution in [1.29, 1.82) is 0 Å². The minimum absolute atomic E-state index is 0.404. The van der Waals surface area contributed by atoms with Gasteiger partial charge >= 0.3 is 6.09 Å². The van der Waals surface area contributed by atoms with E-state index in [0.717, 1.165) is 18.0 Å². The lowest BCUT2D eigenvalue weighted by atomic mass is 10.5. The Hall–Kier alpha value is -0.810. The SMILES string of the molecule is CCCOC(=O)Nc1snc(C)c1Cl. The van der Waals surface area contributed by atoms with Gasteiger partial charge < -0.3 is 4.74 Å². The van der Waals surface area contributed by atoms with Crippen molar-refractivity contribution in [1.82, 2.24) is 4.37 Å². The highest BCUT2D eigenvalue weighted by atomic mass is 35.5. The van der Waals surface area contributed by atoms with Crippen molar-refractivity contribution in [3.63, 3.8) is 0 Å². The van der Waals surface area contributed by atoms with Crippen LogP contribution >= 0.6 is 23.1 Å². The molecule has 0 aliphatic heterocycles. The number of aryl methyl sites for hydroxylation is 1. The molecule has 0 saturated carbocycles. The number of hydrogen-bond acceptors (Lipinski definition) is 4. The van der Waals surface area contributed by atoms with Crippen molar-refractivity contribution in [2.75, 3.05) is 11.9 Å². The summed E-state index contributed by atoms with van der Waals surface area (Å²) in [6.45, 7) is 4.11. The number of amides is 1. The molecule has 14 heavy (non-hydrogen) atoms. The van der Waals surface area contributed by atoms with E-state index in [1.54, 1.807) is 6.92 Å². The van der Waals surface area contributed by atoms with Crippen LogP contribution in [0.1, 0.15) is 19.0 Å². The van der Waals surface area contributed by atoms with E-state index in [9.17, 15) is 4.79 Å². The van der Waals surface area contributed by atoms with Crippen LogP contribution in [-0.4, -0.2) is 17.1 Å². The van der Waals surface area contributed by atoms with Gasteiger partial charge in [-0.15, -0.1) is 0 Å². The quantitative estimate of drug-likeness (QED) is 0.875. The summed E-state index contributed by atoms with van der Waals surface area (Å²) in [7, 11) is 0. The molecule has 1 aromatic heterocycles. The van der Waals surface area contributed by atoms with Gasteiger partial charge in [-0.05, 0) is 24.9 Å². The molecule has 6 heteroatoms. The van der Waals surface area contributed by atoms with Crippen LogP contribution in [-0.2, 0) is 4.74 Å². The molecule has 0 aliphatic rings. The third-order valence-electron chi connectivity index (χ3n) is 1.44. The smallest absolute Gasteiger partial charge is 0.412 e. The Morgan fingerprint density at radius 1 is 1.71 bits per heavy atom. The van der Waals surface area contributed by atoms with Gasteiger partial charge in [-0.25, -0.2) is 4.79 Å². The van der Waals surface area contributed by atoms with Gasteiger partial charge in [0.15, 0.2) is 0 Å². The van der Waals surface area contributed by atoms with E-state index in [-0.39, 0.29) is 0 Å². The van der Waals surface area contributed by atoms with E-state index in [0.29, 0.717) is 22.3 Å². The lowest BCUT2D eigenvalue weighted by Gasteiger charge is -2.03. The van der Waals surface area contributed by atoms with Crippen molar-refractivity contribution < 1.29 is 9.53 Å². The van der Waals surface area contributed by atoms with E-state index >= 15 is 0 Å². The molecule has 78 valence electrons. The summed E-state index contributed by atoms with van der Waals surface area (Å²) in [5, 5.41) is 3.54. The molecule has 0 unspecified atom stereocenters. The molecule has 1 N–H and O–H groups in total. The molecule has 0 bridgehead atoms. The van der Waals surface area contributed by atoms with Gasteiger partial charge in [0, 0.05) is 0 Å². The maximum absolute atomic E-state index is 11.1. The highest BCUT2D eigenvalue weighted by Crippen LogP contribution is 2.29. The molecule has 0 radical (unpaired) electrons. The average molecular weight is 235 g/mol. The molecule has 1 rings (SSSR count). The van der Waals surface area contributed by atoms with Gasteiger partial charge in [-0.1, -0.05) is 18.5 Å². The fourth-order valence-corrected chi connectivity index (χ4v) is 1.68. The summed E-state index contributed by atoms with van der Waals surface area (Å²) in [4.78, 5) is 11.1. The van der Waals surface area contributed by atoms with Gasteiger partial charge in [0.25, 0.3) is 0 Å². The number of ether oxygens (including phenoxy) is 1. The van der Waals surface area contributed by atoms with Crippen LogP contribution in [0.3, 0.4) is 0 Å².